The first kappa shape index (κ1) is 17.3. The van der Waals surface area contributed by atoms with Crippen LogP contribution < -0.4 is 4.74 Å². The van der Waals surface area contributed by atoms with Crippen LogP contribution in [-0.2, 0) is 9.53 Å². The van der Waals surface area contributed by atoms with E-state index in [0.29, 0.717) is 17.1 Å². The zero-order chi connectivity index (χ0) is 16.8. The molecule has 0 aliphatic carbocycles. The lowest BCUT2D eigenvalue weighted by molar-refractivity contribution is -0.129. The van der Waals surface area contributed by atoms with Crippen LogP contribution in [-0.4, -0.2) is 11.6 Å². The van der Waals surface area contributed by atoms with Crippen molar-refractivity contribution in [2.75, 3.05) is 0 Å². The molecule has 0 aliphatic heterocycles. The van der Waals surface area contributed by atoms with Gasteiger partial charge in [-0.2, -0.15) is 5.26 Å². The molecule has 0 aromatic heterocycles. The van der Waals surface area contributed by atoms with Gasteiger partial charge in [-0.3, -0.25) is 0 Å². The largest absolute Gasteiger partial charge is 0.489 e. The van der Waals surface area contributed by atoms with Crippen molar-refractivity contribution in [2.45, 2.75) is 26.4 Å². The summed E-state index contributed by atoms with van der Waals surface area (Å²) < 4.78 is 10.6. The number of benzene rings is 1. The first-order chi connectivity index (χ1) is 10.2. The average Bonchev–Trinajstić information content (AvgIpc) is 2.43. The molecular formula is C18H19NO3. The minimum atomic E-state index is -0.579. The lowest BCUT2D eigenvalue weighted by Crippen LogP contribution is -2.17. The number of nitriles is 1. The quantitative estimate of drug-likeness (QED) is 0.272. The summed E-state index contributed by atoms with van der Waals surface area (Å²) in [5, 5.41) is 8.70. The molecule has 4 heteroatoms. The lowest BCUT2D eigenvalue weighted by atomic mass is 10.2. The highest BCUT2D eigenvalue weighted by Gasteiger charge is 2.11. The van der Waals surface area contributed by atoms with Crippen molar-refractivity contribution in [1.29, 1.82) is 5.26 Å². The molecule has 0 saturated carbocycles. The van der Waals surface area contributed by atoms with Gasteiger partial charge in [0.2, 0.25) is 0 Å². The van der Waals surface area contributed by atoms with Gasteiger partial charge in [0, 0.05) is 0 Å². The SMILES string of the molecule is C=C(/C=C\C(=C)C(=O)Oc1ccc(C#N)cc1)OC(C)(C)C. The van der Waals surface area contributed by atoms with E-state index in [1.807, 2.05) is 26.8 Å². The fourth-order valence-corrected chi connectivity index (χ4v) is 1.46. The summed E-state index contributed by atoms with van der Waals surface area (Å²) in [7, 11) is 0. The molecule has 0 aliphatic rings. The summed E-state index contributed by atoms with van der Waals surface area (Å²) in [6.45, 7) is 13.1. The minimum absolute atomic E-state index is 0.169. The number of allylic oxidation sites excluding steroid dienone is 1. The van der Waals surface area contributed by atoms with Gasteiger partial charge in [-0.05, 0) is 57.2 Å². The Morgan fingerprint density at radius 1 is 1.18 bits per heavy atom. The van der Waals surface area contributed by atoms with E-state index >= 15 is 0 Å². The van der Waals surface area contributed by atoms with Gasteiger partial charge in [-0.1, -0.05) is 13.2 Å². The summed E-state index contributed by atoms with van der Waals surface area (Å²) in [5.41, 5.74) is 0.309. The fourth-order valence-electron chi connectivity index (χ4n) is 1.46. The average molecular weight is 297 g/mol. The molecule has 22 heavy (non-hydrogen) atoms. The predicted octanol–water partition coefficient (Wildman–Crippen LogP) is 3.90. The Morgan fingerprint density at radius 2 is 1.77 bits per heavy atom. The third-order valence-corrected chi connectivity index (χ3v) is 2.36. The third-order valence-electron chi connectivity index (χ3n) is 2.36. The molecule has 0 radical (unpaired) electrons. The minimum Gasteiger partial charge on any atom is -0.489 e. The first-order valence-corrected chi connectivity index (χ1v) is 6.68. The maximum absolute atomic E-state index is 11.9. The fraction of sp³-hybridized carbons (Fsp3) is 0.222. The van der Waals surface area contributed by atoms with Crippen molar-refractivity contribution < 1.29 is 14.3 Å². The molecule has 0 N–H and O–H groups in total. The molecule has 0 atom stereocenters. The predicted molar refractivity (Wildman–Crippen MR) is 85.1 cm³/mol. The Bertz CT molecular complexity index is 640. The molecule has 4 nitrogen and oxygen atoms in total. The van der Waals surface area contributed by atoms with Crippen LogP contribution in [0.15, 0.2) is 60.9 Å². The normalized spacial score (nSPS) is 10.8. The van der Waals surface area contributed by atoms with Crippen LogP contribution in [0.25, 0.3) is 0 Å². The van der Waals surface area contributed by atoms with E-state index in [1.54, 1.807) is 30.3 Å². The monoisotopic (exact) mass is 297 g/mol. The number of carbonyl (C=O) groups is 1. The van der Waals surface area contributed by atoms with Crippen LogP contribution in [0.3, 0.4) is 0 Å². The van der Waals surface area contributed by atoms with Crippen LogP contribution in [0.1, 0.15) is 26.3 Å². The maximum Gasteiger partial charge on any atom is 0.342 e. The van der Waals surface area contributed by atoms with Crippen molar-refractivity contribution >= 4 is 5.97 Å². The number of hydrogen-bond donors (Lipinski definition) is 0. The summed E-state index contributed by atoms with van der Waals surface area (Å²) >= 11 is 0. The van der Waals surface area contributed by atoms with Crippen LogP contribution in [0, 0.1) is 11.3 Å². The van der Waals surface area contributed by atoms with Gasteiger partial charge < -0.3 is 9.47 Å². The highest BCUT2D eigenvalue weighted by atomic mass is 16.5. The van der Waals surface area contributed by atoms with Gasteiger partial charge in [0.05, 0.1) is 17.2 Å². The van der Waals surface area contributed by atoms with Crippen LogP contribution >= 0.6 is 0 Å². The molecule has 0 heterocycles. The van der Waals surface area contributed by atoms with Gasteiger partial charge in [0.25, 0.3) is 0 Å². The smallest absolute Gasteiger partial charge is 0.342 e. The van der Waals surface area contributed by atoms with Crippen LogP contribution in [0.4, 0.5) is 0 Å². The Labute approximate surface area is 131 Å². The van der Waals surface area contributed by atoms with Gasteiger partial charge in [0.15, 0.2) is 0 Å². The maximum atomic E-state index is 11.9. The second-order valence-electron chi connectivity index (χ2n) is 5.57. The number of ether oxygens (including phenoxy) is 2. The molecule has 0 fully saturated rings. The lowest BCUT2D eigenvalue weighted by Gasteiger charge is -2.21. The highest BCUT2D eigenvalue weighted by Crippen LogP contribution is 2.15. The molecule has 0 bridgehead atoms. The van der Waals surface area contributed by atoms with E-state index in [4.69, 9.17) is 14.7 Å². The number of rotatable bonds is 5. The van der Waals surface area contributed by atoms with Gasteiger partial charge >= 0.3 is 5.97 Å². The molecule has 1 aromatic rings. The van der Waals surface area contributed by atoms with E-state index in [-0.39, 0.29) is 11.2 Å². The summed E-state index contributed by atoms with van der Waals surface area (Å²) in [4.78, 5) is 11.9. The molecule has 0 spiro atoms. The Balaban J connectivity index is 2.60. The van der Waals surface area contributed by atoms with Crippen LogP contribution in [0.2, 0.25) is 0 Å². The summed E-state index contributed by atoms with van der Waals surface area (Å²) in [5.74, 6) is 0.202. The zero-order valence-corrected chi connectivity index (χ0v) is 13.1. The molecule has 114 valence electrons. The molecule has 0 saturated heterocycles. The zero-order valence-electron chi connectivity index (χ0n) is 13.1. The van der Waals surface area contributed by atoms with E-state index in [9.17, 15) is 4.79 Å². The van der Waals surface area contributed by atoms with Crippen molar-refractivity contribution in [3.05, 3.63) is 66.5 Å². The topological polar surface area (TPSA) is 59.3 Å². The van der Waals surface area contributed by atoms with Crippen molar-refractivity contribution in [3.8, 4) is 11.8 Å². The van der Waals surface area contributed by atoms with E-state index < -0.39 is 5.97 Å². The first-order valence-electron chi connectivity index (χ1n) is 6.68. The Morgan fingerprint density at radius 3 is 2.27 bits per heavy atom. The summed E-state index contributed by atoms with van der Waals surface area (Å²) in [6.07, 6.45) is 3.05. The number of carbonyl (C=O) groups excluding carboxylic acids is 1. The van der Waals surface area contributed by atoms with E-state index in [1.165, 1.54) is 6.08 Å². The molecule has 1 rings (SSSR count). The Hall–Kier alpha value is -2.80. The van der Waals surface area contributed by atoms with Gasteiger partial charge in [-0.25, -0.2) is 4.79 Å². The van der Waals surface area contributed by atoms with Gasteiger partial charge in [-0.15, -0.1) is 0 Å². The standard InChI is InChI=1S/C18H19NO3/c1-13(6-7-14(2)22-18(3,4)5)17(20)21-16-10-8-15(12-19)9-11-16/h6-11H,1-2H2,3-5H3/b7-6-. The number of nitrogens with zero attached hydrogens (tertiary/aromatic N) is 1. The Kier molecular flexibility index (Phi) is 5.71. The van der Waals surface area contributed by atoms with Gasteiger partial charge in [0.1, 0.15) is 17.1 Å². The molecule has 0 amide bonds. The molecule has 1 aromatic carbocycles. The van der Waals surface area contributed by atoms with Crippen LogP contribution in [0.5, 0.6) is 5.75 Å². The second kappa shape index (κ2) is 7.28. The molecule has 0 unspecified atom stereocenters. The molecular weight excluding hydrogens is 278 g/mol. The third kappa shape index (κ3) is 6.10. The van der Waals surface area contributed by atoms with Crippen molar-refractivity contribution in [3.63, 3.8) is 0 Å². The number of esters is 1. The van der Waals surface area contributed by atoms with Crippen molar-refractivity contribution in [2.24, 2.45) is 0 Å². The van der Waals surface area contributed by atoms with E-state index in [0.717, 1.165) is 0 Å². The van der Waals surface area contributed by atoms with Crippen molar-refractivity contribution in [1.82, 2.24) is 0 Å². The second-order valence-corrected chi connectivity index (χ2v) is 5.57. The highest BCUT2D eigenvalue weighted by molar-refractivity contribution is 5.92. The summed E-state index contributed by atoms with van der Waals surface area (Å²) in [6, 6.07) is 8.23. The van der Waals surface area contributed by atoms with E-state index in [2.05, 4.69) is 13.2 Å². The number of hydrogen-bond acceptors (Lipinski definition) is 4.